The van der Waals surface area contributed by atoms with Crippen molar-refractivity contribution in [2.45, 2.75) is 12.8 Å². The molecule has 1 unspecified atom stereocenters. The van der Waals surface area contributed by atoms with Crippen molar-refractivity contribution in [2.75, 3.05) is 6.54 Å². The number of carbonyl (C=O) groups excluding carboxylic acids is 2. The second-order valence-corrected chi connectivity index (χ2v) is 5.08. The van der Waals surface area contributed by atoms with Crippen LogP contribution in [-0.4, -0.2) is 23.3 Å². The maximum Gasteiger partial charge on any atom is 0.261 e. The highest BCUT2D eigenvalue weighted by atomic mass is 16.2. The second-order valence-electron chi connectivity index (χ2n) is 5.08. The lowest BCUT2D eigenvalue weighted by atomic mass is 10.0. The van der Waals surface area contributed by atoms with Gasteiger partial charge in [0.1, 0.15) is 0 Å². The Hall–Kier alpha value is -2.42. The van der Waals surface area contributed by atoms with Gasteiger partial charge in [-0.3, -0.25) is 14.5 Å². The highest BCUT2D eigenvalue weighted by Crippen LogP contribution is 2.25. The maximum atomic E-state index is 12.3. The quantitative estimate of drug-likeness (QED) is 0.800. The minimum Gasteiger partial charge on any atom is -0.274 e. The van der Waals surface area contributed by atoms with Gasteiger partial charge < -0.3 is 0 Å². The number of benzene rings is 2. The number of carbonyl (C=O) groups is 2. The highest BCUT2D eigenvalue weighted by Gasteiger charge is 2.35. The van der Waals surface area contributed by atoms with Crippen molar-refractivity contribution in [1.29, 1.82) is 0 Å². The van der Waals surface area contributed by atoms with Gasteiger partial charge >= 0.3 is 0 Å². The van der Waals surface area contributed by atoms with Gasteiger partial charge in [-0.1, -0.05) is 49.4 Å². The maximum absolute atomic E-state index is 12.3. The van der Waals surface area contributed by atoms with Crippen LogP contribution in [0.4, 0.5) is 0 Å². The van der Waals surface area contributed by atoms with E-state index in [-0.39, 0.29) is 17.7 Å². The lowest BCUT2D eigenvalue weighted by Gasteiger charge is -2.19. The molecule has 0 aliphatic carbocycles. The second kappa shape index (κ2) is 4.93. The summed E-state index contributed by atoms with van der Waals surface area (Å²) in [5.41, 5.74) is 2.15. The van der Waals surface area contributed by atoms with Crippen molar-refractivity contribution in [2.24, 2.45) is 0 Å². The van der Waals surface area contributed by atoms with Gasteiger partial charge in [0.25, 0.3) is 11.8 Å². The molecule has 0 radical (unpaired) electrons. The van der Waals surface area contributed by atoms with Gasteiger partial charge in [0.05, 0.1) is 11.1 Å². The molecule has 0 saturated heterocycles. The summed E-state index contributed by atoms with van der Waals surface area (Å²) in [5, 5.41) is 0. The molecule has 1 atom stereocenters. The minimum atomic E-state index is -0.187. The van der Waals surface area contributed by atoms with Crippen molar-refractivity contribution >= 4 is 11.8 Å². The monoisotopic (exact) mass is 265 g/mol. The first-order chi connectivity index (χ1) is 9.68. The fourth-order valence-corrected chi connectivity index (χ4v) is 2.57. The third-order valence-corrected chi connectivity index (χ3v) is 3.70. The zero-order chi connectivity index (χ0) is 14.1. The van der Waals surface area contributed by atoms with E-state index in [4.69, 9.17) is 0 Å². The molecule has 0 N–H and O–H groups in total. The van der Waals surface area contributed by atoms with Gasteiger partial charge in [0.15, 0.2) is 0 Å². The molecule has 0 aromatic heterocycles. The normalized spacial score (nSPS) is 15.3. The van der Waals surface area contributed by atoms with E-state index in [1.54, 1.807) is 24.3 Å². The van der Waals surface area contributed by atoms with Crippen LogP contribution in [0, 0.1) is 0 Å². The van der Waals surface area contributed by atoms with Crippen LogP contribution in [0.1, 0.15) is 39.1 Å². The molecule has 1 aliphatic rings. The van der Waals surface area contributed by atoms with Gasteiger partial charge in [-0.25, -0.2) is 0 Å². The van der Waals surface area contributed by atoms with E-state index in [2.05, 4.69) is 0 Å². The average molecular weight is 265 g/mol. The van der Waals surface area contributed by atoms with Gasteiger partial charge in [-0.2, -0.15) is 0 Å². The number of amides is 2. The summed E-state index contributed by atoms with van der Waals surface area (Å²) in [5.74, 6) is -0.250. The molecule has 3 nitrogen and oxygen atoms in total. The standard InChI is InChI=1S/C17H15NO2/c1-12(13-7-3-2-4-8-13)11-18-16(19)14-9-5-6-10-15(14)17(18)20/h2-10,12H,11H2,1H3. The number of hydrogen-bond donors (Lipinski definition) is 0. The zero-order valence-corrected chi connectivity index (χ0v) is 11.2. The van der Waals surface area contributed by atoms with Crippen LogP contribution in [0.2, 0.25) is 0 Å². The largest absolute Gasteiger partial charge is 0.274 e. The van der Waals surface area contributed by atoms with Gasteiger partial charge in [-0.15, -0.1) is 0 Å². The summed E-state index contributed by atoms with van der Waals surface area (Å²) in [7, 11) is 0. The van der Waals surface area contributed by atoms with E-state index in [9.17, 15) is 9.59 Å². The van der Waals surface area contributed by atoms with Gasteiger partial charge in [-0.05, 0) is 23.6 Å². The number of imide groups is 1. The molecule has 0 fully saturated rings. The van der Waals surface area contributed by atoms with Crippen molar-refractivity contribution in [3.05, 3.63) is 71.3 Å². The van der Waals surface area contributed by atoms with Crippen LogP contribution in [0.15, 0.2) is 54.6 Å². The van der Waals surface area contributed by atoms with E-state index in [0.717, 1.165) is 5.56 Å². The van der Waals surface area contributed by atoms with Crippen molar-refractivity contribution in [3.8, 4) is 0 Å². The van der Waals surface area contributed by atoms with E-state index in [1.165, 1.54) is 4.90 Å². The molecular weight excluding hydrogens is 250 g/mol. The molecule has 20 heavy (non-hydrogen) atoms. The molecule has 1 heterocycles. The molecule has 1 aliphatic heterocycles. The topological polar surface area (TPSA) is 37.4 Å². The van der Waals surface area contributed by atoms with Crippen molar-refractivity contribution < 1.29 is 9.59 Å². The predicted molar refractivity (Wildman–Crippen MR) is 76.7 cm³/mol. The van der Waals surface area contributed by atoms with Crippen LogP contribution in [0.5, 0.6) is 0 Å². The highest BCUT2D eigenvalue weighted by molar-refractivity contribution is 6.21. The molecule has 3 rings (SSSR count). The number of fused-ring (bicyclic) bond motifs is 1. The number of nitrogens with zero attached hydrogens (tertiary/aromatic N) is 1. The SMILES string of the molecule is CC(CN1C(=O)c2ccccc2C1=O)c1ccccc1. The van der Waals surface area contributed by atoms with Gasteiger partial charge in [0, 0.05) is 6.54 Å². The van der Waals surface area contributed by atoms with Crippen LogP contribution in [0.25, 0.3) is 0 Å². The van der Waals surface area contributed by atoms with Gasteiger partial charge in [0.2, 0.25) is 0 Å². The number of rotatable bonds is 3. The summed E-state index contributed by atoms with van der Waals surface area (Å²) in [6.45, 7) is 2.44. The Bertz CT molecular complexity index is 629. The zero-order valence-electron chi connectivity index (χ0n) is 11.2. The molecule has 0 bridgehead atoms. The Morgan fingerprint density at radius 1 is 0.850 bits per heavy atom. The first-order valence-electron chi connectivity index (χ1n) is 6.68. The number of hydrogen-bond acceptors (Lipinski definition) is 2. The third kappa shape index (κ3) is 2.01. The van der Waals surface area contributed by atoms with Crippen LogP contribution >= 0.6 is 0 Å². The Labute approximate surface area is 117 Å². The fourth-order valence-electron chi connectivity index (χ4n) is 2.57. The van der Waals surface area contributed by atoms with Crippen molar-refractivity contribution in [3.63, 3.8) is 0 Å². The Kier molecular flexibility index (Phi) is 3.11. The van der Waals surface area contributed by atoms with Crippen LogP contribution in [0.3, 0.4) is 0 Å². The van der Waals surface area contributed by atoms with E-state index < -0.39 is 0 Å². The van der Waals surface area contributed by atoms with Crippen LogP contribution in [-0.2, 0) is 0 Å². The Morgan fingerprint density at radius 2 is 1.35 bits per heavy atom. The summed E-state index contributed by atoms with van der Waals surface area (Å²) in [4.78, 5) is 25.9. The molecule has 2 aromatic carbocycles. The average Bonchev–Trinajstić information content (AvgIpc) is 2.74. The summed E-state index contributed by atoms with van der Waals surface area (Å²) in [6.07, 6.45) is 0. The first-order valence-corrected chi connectivity index (χ1v) is 6.68. The molecular formula is C17H15NO2. The summed E-state index contributed by atoms with van der Waals surface area (Å²) in [6, 6.07) is 16.9. The van der Waals surface area contributed by atoms with E-state index >= 15 is 0 Å². The Morgan fingerprint density at radius 3 is 1.90 bits per heavy atom. The molecule has 0 spiro atoms. The van der Waals surface area contributed by atoms with Crippen LogP contribution < -0.4 is 0 Å². The Balaban J connectivity index is 1.84. The molecule has 3 heteroatoms. The molecule has 2 amide bonds. The lowest BCUT2D eigenvalue weighted by molar-refractivity contribution is 0.0646. The summed E-state index contributed by atoms with van der Waals surface area (Å²) < 4.78 is 0. The predicted octanol–water partition coefficient (Wildman–Crippen LogP) is 3.09. The first kappa shape index (κ1) is 12.6. The molecule has 2 aromatic rings. The summed E-state index contributed by atoms with van der Waals surface area (Å²) >= 11 is 0. The lowest BCUT2D eigenvalue weighted by Crippen LogP contribution is -2.33. The third-order valence-electron chi connectivity index (χ3n) is 3.70. The van der Waals surface area contributed by atoms with E-state index in [0.29, 0.717) is 17.7 Å². The smallest absolute Gasteiger partial charge is 0.261 e. The fraction of sp³-hybridized carbons (Fsp3) is 0.176. The van der Waals surface area contributed by atoms with Crippen molar-refractivity contribution in [1.82, 2.24) is 4.90 Å². The van der Waals surface area contributed by atoms with E-state index in [1.807, 2.05) is 37.3 Å². The molecule has 0 saturated carbocycles. The molecule has 100 valence electrons. The minimum absolute atomic E-state index is 0.124.